The van der Waals surface area contributed by atoms with Gasteiger partial charge in [-0.2, -0.15) is 13.2 Å². The fourth-order valence-electron chi connectivity index (χ4n) is 3.73. The van der Waals surface area contributed by atoms with Gasteiger partial charge in [0, 0.05) is 18.0 Å². The van der Waals surface area contributed by atoms with Crippen LogP contribution in [0.2, 0.25) is 5.02 Å². The molecule has 1 aromatic rings. The number of halogens is 4. The Balaban J connectivity index is 1.95. The number of ketones is 1. The standard InChI is InChI=1S/C22H26ClF3N2O6/c1-13(2)17(28-19(31)22(24,25)26)18(30)33-12-34-20(32)27-11-21(10-6-5-9-16(21)29)14-7-3-4-8-15(14)23/h3-4,7-8,13,17H,5-6,9-12H2,1-2H3,(H,27,32)(H,28,31)/t17-,21+/m0/s1. The minimum absolute atomic E-state index is 0.0706. The van der Waals surface area contributed by atoms with E-state index in [9.17, 15) is 32.3 Å². The van der Waals surface area contributed by atoms with Crippen molar-refractivity contribution in [1.82, 2.24) is 10.6 Å². The number of carbonyl (C=O) groups is 4. The van der Waals surface area contributed by atoms with Gasteiger partial charge in [0.1, 0.15) is 11.8 Å². The number of hydrogen-bond donors (Lipinski definition) is 2. The van der Waals surface area contributed by atoms with E-state index in [1.807, 2.05) is 0 Å². The molecule has 0 aromatic heterocycles. The van der Waals surface area contributed by atoms with Gasteiger partial charge in [0.25, 0.3) is 0 Å². The monoisotopic (exact) mass is 506 g/mol. The maximum absolute atomic E-state index is 12.8. The number of amides is 2. The molecule has 8 nitrogen and oxygen atoms in total. The van der Waals surface area contributed by atoms with Gasteiger partial charge >= 0.3 is 24.1 Å². The van der Waals surface area contributed by atoms with Crippen LogP contribution in [0, 0.1) is 5.92 Å². The minimum Gasteiger partial charge on any atom is -0.426 e. The van der Waals surface area contributed by atoms with Crippen LogP contribution in [0.25, 0.3) is 0 Å². The molecule has 0 aliphatic heterocycles. The molecule has 0 bridgehead atoms. The highest BCUT2D eigenvalue weighted by atomic mass is 35.5. The zero-order chi connectivity index (χ0) is 25.5. The number of esters is 1. The fraction of sp³-hybridized carbons (Fsp3) is 0.545. The number of carbonyl (C=O) groups excluding carboxylic acids is 4. The van der Waals surface area contributed by atoms with Crippen molar-refractivity contribution in [3.05, 3.63) is 34.9 Å². The van der Waals surface area contributed by atoms with E-state index in [2.05, 4.69) is 5.32 Å². The van der Waals surface area contributed by atoms with Gasteiger partial charge < -0.3 is 20.1 Å². The molecule has 2 N–H and O–H groups in total. The van der Waals surface area contributed by atoms with Crippen molar-refractivity contribution < 1.29 is 41.8 Å². The quantitative estimate of drug-likeness (QED) is 0.411. The molecule has 2 atom stereocenters. The number of Topliss-reactive ketones (excluding diaryl/α,β-unsaturated/α-hetero) is 1. The number of nitrogens with one attached hydrogen (secondary N) is 2. The maximum atomic E-state index is 12.8. The molecule has 0 spiro atoms. The first kappa shape index (κ1) is 27.4. The summed E-state index contributed by atoms with van der Waals surface area (Å²) in [6.07, 6.45) is -3.88. The summed E-state index contributed by atoms with van der Waals surface area (Å²) >= 11 is 6.31. The van der Waals surface area contributed by atoms with Gasteiger partial charge in [-0.15, -0.1) is 0 Å². The van der Waals surface area contributed by atoms with Gasteiger partial charge in [-0.1, -0.05) is 50.1 Å². The molecule has 188 valence electrons. The molecule has 1 aliphatic carbocycles. The molecule has 34 heavy (non-hydrogen) atoms. The highest BCUT2D eigenvalue weighted by Crippen LogP contribution is 2.39. The number of rotatable bonds is 8. The number of alkyl halides is 3. The maximum Gasteiger partial charge on any atom is 0.471 e. The van der Waals surface area contributed by atoms with Crippen LogP contribution in [0.1, 0.15) is 45.1 Å². The van der Waals surface area contributed by atoms with E-state index in [1.165, 1.54) is 13.8 Å². The van der Waals surface area contributed by atoms with Crippen LogP contribution in [0.5, 0.6) is 0 Å². The third-order valence-electron chi connectivity index (χ3n) is 5.57. The van der Waals surface area contributed by atoms with E-state index in [4.69, 9.17) is 21.1 Å². The molecule has 0 heterocycles. The van der Waals surface area contributed by atoms with E-state index in [-0.39, 0.29) is 12.3 Å². The summed E-state index contributed by atoms with van der Waals surface area (Å²) in [6.45, 7) is 1.82. The molecular formula is C22H26ClF3N2O6. The summed E-state index contributed by atoms with van der Waals surface area (Å²) in [5, 5.41) is 4.42. The number of alkyl carbamates (subject to hydrolysis) is 1. The second kappa shape index (κ2) is 11.5. The Morgan fingerprint density at radius 3 is 2.41 bits per heavy atom. The van der Waals surface area contributed by atoms with Gasteiger partial charge in [-0.05, 0) is 30.4 Å². The summed E-state index contributed by atoms with van der Waals surface area (Å²) in [4.78, 5) is 48.2. The molecule has 0 unspecified atom stereocenters. The highest BCUT2D eigenvalue weighted by molar-refractivity contribution is 6.31. The lowest BCUT2D eigenvalue weighted by Crippen LogP contribution is -2.50. The van der Waals surface area contributed by atoms with Crippen molar-refractivity contribution in [3.63, 3.8) is 0 Å². The van der Waals surface area contributed by atoms with Crippen LogP contribution in [0.4, 0.5) is 18.0 Å². The molecule has 1 saturated carbocycles. The zero-order valence-corrected chi connectivity index (χ0v) is 19.4. The molecule has 1 aliphatic rings. The van der Waals surface area contributed by atoms with E-state index < -0.39 is 48.3 Å². The predicted octanol–water partition coefficient (Wildman–Crippen LogP) is 3.65. The lowest BCUT2D eigenvalue weighted by Gasteiger charge is -2.36. The zero-order valence-electron chi connectivity index (χ0n) is 18.7. The second-order valence-electron chi connectivity index (χ2n) is 8.25. The van der Waals surface area contributed by atoms with E-state index in [1.54, 1.807) is 29.6 Å². The average Bonchev–Trinajstić information content (AvgIpc) is 2.76. The summed E-state index contributed by atoms with van der Waals surface area (Å²) in [6, 6.07) is 5.25. The molecule has 1 fully saturated rings. The number of benzene rings is 1. The number of hydrogen-bond acceptors (Lipinski definition) is 6. The molecular weight excluding hydrogens is 481 g/mol. The summed E-state index contributed by atoms with van der Waals surface area (Å²) < 4.78 is 46.9. The van der Waals surface area contributed by atoms with Crippen molar-refractivity contribution >= 4 is 35.4 Å². The second-order valence-corrected chi connectivity index (χ2v) is 8.66. The molecule has 0 saturated heterocycles. The summed E-state index contributed by atoms with van der Waals surface area (Å²) in [5.74, 6) is -4.28. The van der Waals surface area contributed by atoms with Crippen LogP contribution in [0.3, 0.4) is 0 Å². The Bertz CT molecular complexity index is 924. The van der Waals surface area contributed by atoms with Gasteiger partial charge in [-0.25, -0.2) is 9.59 Å². The average molecular weight is 507 g/mol. The molecule has 2 rings (SSSR count). The Morgan fingerprint density at radius 1 is 1.15 bits per heavy atom. The van der Waals surface area contributed by atoms with Crippen LogP contribution < -0.4 is 10.6 Å². The first-order chi connectivity index (χ1) is 15.9. The van der Waals surface area contributed by atoms with Crippen molar-refractivity contribution in [1.29, 1.82) is 0 Å². The predicted molar refractivity (Wildman–Crippen MR) is 115 cm³/mol. The molecule has 0 radical (unpaired) electrons. The topological polar surface area (TPSA) is 111 Å². The smallest absolute Gasteiger partial charge is 0.426 e. The Morgan fingerprint density at radius 2 is 1.82 bits per heavy atom. The van der Waals surface area contributed by atoms with Crippen LogP contribution in [-0.4, -0.2) is 49.3 Å². The van der Waals surface area contributed by atoms with Gasteiger partial charge in [0.05, 0.1) is 5.41 Å². The third-order valence-corrected chi connectivity index (χ3v) is 5.90. The van der Waals surface area contributed by atoms with Crippen molar-refractivity contribution in [2.45, 2.75) is 57.2 Å². The van der Waals surface area contributed by atoms with Gasteiger partial charge in [-0.3, -0.25) is 9.59 Å². The van der Waals surface area contributed by atoms with Crippen LogP contribution in [0.15, 0.2) is 24.3 Å². The Labute approximate surface area is 199 Å². The van der Waals surface area contributed by atoms with Crippen molar-refractivity contribution in [2.75, 3.05) is 13.3 Å². The van der Waals surface area contributed by atoms with Crippen LogP contribution >= 0.6 is 11.6 Å². The lowest BCUT2D eigenvalue weighted by atomic mass is 9.68. The Hall–Kier alpha value is -2.82. The minimum atomic E-state index is -5.17. The first-order valence-electron chi connectivity index (χ1n) is 10.6. The summed E-state index contributed by atoms with van der Waals surface area (Å²) in [5.41, 5.74) is -0.440. The molecule has 12 heteroatoms. The van der Waals surface area contributed by atoms with Gasteiger partial charge in [0.15, 0.2) is 0 Å². The van der Waals surface area contributed by atoms with E-state index >= 15 is 0 Å². The molecule has 2 amide bonds. The van der Waals surface area contributed by atoms with Crippen LogP contribution in [-0.2, 0) is 29.3 Å². The summed E-state index contributed by atoms with van der Waals surface area (Å²) in [7, 11) is 0. The lowest BCUT2D eigenvalue weighted by molar-refractivity contribution is -0.177. The number of ether oxygens (including phenoxy) is 2. The Kier molecular flexibility index (Phi) is 9.31. The van der Waals surface area contributed by atoms with Crippen molar-refractivity contribution in [2.24, 2.45) is 5.92 Å². The van der Waals surface area contributed by atoms with E-state index in [0.717, 1.165) is 12.8 Å². The third kappa shape index (κ3) is 6.85. The SMILES string of the molecule is CC(C)[C@H](NC(=O)C(F)(F)F)C(=O)OCOC(=O)NC[C@@]1(c2ccccc2Cl)CCCCC1=O. The highest BCUT2D eigenvalue weighted by Gasteiger charge is 2.43. The normalized spacial score (nSPS) is 19.3. The first-order valence-corrected chi connectivity index (χ1v) is 11.0. The van der Waals surface area contributed by atoms with Gasteiger partial charge in [0.2, 0.25) is 6.79 Å². The van der Waals surface area contributed by atoms with Crippen molar-refractivity contribution in [3.8, 4) is 0 Å². The fourth-order valence-corrected chi connectivity index (χ4v) is 4.05. The van der Waals surface area contributed by atoms with E-state index in [0.29, 0.717) is 23.4 Å². The largest absolute Gasteiger partial charge is 0.471 e. The molecule has 1 aromatic carbocycles.